The van der Waals surface area contributed by atoms with E-state index in [2.05, 4.69) is 9.71 Å². The first kappa shape index (κ1) is 15.6. The molecule has 0 radical (unpaired) electrons. The molecule has 122 valence electrons. The highest BCUT2D eigenvalue weighted by Crippen LogP contribution is 2.27. The average molecular weight is 348 g/mol. The number of nitriles is 1. The first-order valence-electron chi connectivity index (χ1n) is 7.55. The fourth-order valence-electron chi connectivity index (χ4n) is 2.98. The van der Waals surface area contributed by atoms with Crippen LogP contribution in [0.3, 0.4) is 0 Å². The maximum atomic E-state index is 13.0. The predicted molar refractivity (Wildman–Crippen MR) is 95.8 cm³/mol. The van der Waals surface area contributed by atoms with E-state index in [0.717, 1.165) is 5.56 Å². The SMILES string of the molecule is CSNCc1ccc2nc3n(c(=O)c2c1)-c1ccc(C#N)cc1C3=O. The van der Waals surface area contributed by atoms with E-state index >= 15 is 0 Å². The third-order valence-corrected chi connectivity index (χ3v) is 4.60. The summed E-state index contributed by atoms with van der Waals surface area (Å²) in [7, 11) is 0. The van der Waals surface area contributed by atoms with Crippen LogP contribution in [0.1, 0.15) is 27.3 Å². The highest BCUT2D eigenvalue weighted by Gasteiger charge is 2.30. The third-order valence-electron chi connectivity index (χ3n) is 4.17. The van der Waals surface area contributed by atoms with Crippen LogP contribution < -0.4 is 10.3 Å². The van der Waals surface area contributed by atoms with Crippen molar-refractivity contribution in [2.75, 3.05) is 6.26 Å². The Morgan fingerprint density at radius 2 is 2.08 bits per heavy atom. The lowest BCUT2D eigenvalue weighted by molar-refractivity contribution is 0.103. The minimum absolute atomic E-state index is 0.0950. The molecule has 0 bridgehead atoms. The van der Waals surface area contributed by atoms with Crippen LogP contribution in [0.2, 0.25) is 0 Å². The molecule has 0 unspecified atom stereocenters. The van der Waals surface area contributed by atoms with Crippen molar-refractivity contribution in [1.82, 2.24) is 14.3 Å². The molecule has 1 aromatic heterocycles. The van der Waals surface area contributed by atoms with Crippen LogP contribution in [0.5, 0.6) is 0 Å². The molecule has 0 atom stereocenters. The predicted octanol–water partition coefficient (Wildman–Crippen LogP) is 2.17. The van der Waals surface area contributed by atoms with Crippen LogP contribution in [0.15, 0.2) is 41.2 Å². The van der Waals surface area contributed by atoms with Crippen molar-refractivity contribution >= 4 is 28.6 Å². The molecule has 2 aromatic carbocycles. The zero-order valence-electron chi connectivity index (χ0n) is 13.2. The van der Waals surface area contributed by atoms with Crippen LogP contribution in [0, 0.1) is 11.3 Å². The number of benzene rings is 2. The van der Waals surface area contributed by atoms with Crippen LogP contribution in [0.25, 0.3) is 16.6 Å². The molecule has 3 aromatic rings. The topological polar surface area (TPSA) is 87.8 Å². The highest BCUT2D eigenvalue weighted by molar-refractivity contribution is 7.96. The standard InChI is InChI=1S/C18H12N4O2S/c1-25-20-9-11-2-4-14-12(7-11)18(24)22-15-5-3-10(8-19)6-13(15)16(23)17(22)21-14/h2-7,20H,9H2,1H3. The molecule has 0 spiro atoms. The number of hydrogen-bond donors (Lipinski definition) is 1. The second kappa shape index (κ2) is 5.84. The fourth-order valence-corrected chi connectivity index (χ4v) is 3.29. The smallest absolute Gasteiger partial charge is 0.266 e. The van der Waals surface area contributed by atoms with Crippen LogP contribution >= 0.6 is 11.9 Å². The Morgan fingerprint density at radius 1 is 1.24 bits per heavy atom. The van der Waals surface area contributed by atoms with E-state index < -0.39 is 0 Å². The molecule has 0 saturated heterocycles. The Morgan fingerprint density at radius 3 is 2.84 bits per heavy atom. The average Bonchev–Trinajstić information content (AvgIpc) is 2.92. The van der Waals surface area contributed by atoms with Crippen LogP contribution in [-0.2, 0) is 6.54 Å². The summed E-state index contributed by atoms with van der Waals surface area (Å²) in [4.78, 5) is 30.0. The molecule has 6 nitrogen and oxygen atoms in total. The van der Waals surface area contributed by atoms with Gasteiger partial charge in [0.1, 0.15) is 0 Å². The lowest BCUT2D eigenvalue weighted by atomic mass is 10.1. The van der Waals surface area contributed by atoms with Crippen molar-refractivity contribution in [3.05, 3.63) is 69.3 Å². The zero-order chi connectivity index (χ0) is 17.6. The van der Waals surface area contributed by atoms with Gasteiger partial charge in [-0.2, -0.15) is 5.26 Å². The molecule has 1 aliphatic heterocycles. The summed E-state index contributed by atoms with van der Waals surface area (Å²) in [5, 5.41) is 9.50. The van der Waals surface area contributed by atoms with E-state index in [1.54, 1.807) is 24.3 Å². The number of carbonyl (C=O) groups excluding carboxylic acids is 1. The van der Waals surface area contributed by atoms with Gasteiger partial charge in [-0.3, -0.25) is 18.9 Å². The number of carbonyl (C=O) groups is 1. The lowest BCUT2D eigenvalue weighted by Crippen LogP contribution is -2.21. The van der Waals surface area contributed by atoms with Crippen molar-refractivity contribution in [3.8, 4) is 11.8 Å². The van der Waals surface area contributed by atoms with E-state index in [-0.39, 0.29) is 17.2 Å². The lowest BCUT2D eigenvalue weighted by Gasteiger charge is -2.07. The minimum Gasteiger partial charge on any atom is -0.285 e. The summed E-state index contributed by atoms with van der Waals surface area (Å²) in [6.45, 7) is 0.624. The monoisotopic (exact) mass is 348 g/mol. The summed E-state index contributed by atoms with van der Waals surface area (Å²) >= 11 is 1.50. The Kier molecular flexibility index (Phi) is 3.64. The van der Waals surface area contributed by atoms with Gasteiger partial charge in [-0.15, -0.1) is 0 Å². The van der Waals surface area contributed by atoms with Crippen molar-refractivity contribution in [3.63, 3.8) is 0 Å². The molecular formula is C18H12N4O2S. The van der Waals surface area contributed by atoms with Gasteiger partial charge in [0.15, 0.2) is 5.82 Å². The minimum atomic E-state index is -0.334. The second-order valence-electron chi connectivity index (χ2n) is 5.63. The van der Waals surface area contributed by atoms with E-state index in [4.69, 9.17) is 5.26 Å². The van der Waals surface area contributed by atoms with Gasteiger partial charge in [-0.1, -0.05) is 18.0 Å². The number of aromatic nitrogens is 2. The van der Waals surface area contributed by atoms with Crippen molar-refractivity contribution in [1.29, 1.82) is 5.26 Å². The quantitative estimate of drug-likeness (QED) is 0.571. The van der Waals surface area contributed by atoms with Crippen molar-refractivity contribution < 1.29 is 4.79 Å². The van der Waals surface area contributed by atoms with Gasteiger partial charge in [0.25, 0.3) is 5.56 Å². The van der Waals surface area contributed by atoms with E-state index in [9.17, 15) is 9.59 Å². The molecule has 0 saturated carbocycles. The Hall–Kier alpha value is -2.95. The van der Waals surface area contributed by atoms with Gasteiger partial charge in [-0.05, 0) is 42.2 Å². The molecule has 0 fully saturated rings. The number of rotatable bonds is 3. The summed E-state index contributed by atoms with van der Waals surface area (Å²) in [6, 6.07) is 12.2. The summed E-state index contributed by atoms with van der Waals surface area (Å²) < 4.78 is 4.48. The molecule has 2 heterocycles. The van der Waals surface area contributed by atoms with E-state index in [1.165, 1.54) is 22.6 Å². The molecule has 25 heavy (non-hydrogen) atoms. The zero-order valence-corrected chi connectivity index (χ0v) is 14.1. The maximum Gasteiger partial charge on any atom is 0.266 e. The molecule has 0 aliphatic carbocycles. The largest absolute Gasteiger partial charge is 0.285 e. The molecule has 1 N–H and O–H groups in total. The van der Waals surface area contributed by atoms with Gasteiger partial charge >= 0.3 is 0 Å². The van der Waals surface area contributed by atoms with Crippen LogP contribution in [0.4, 0.5) is 0 Å². The Labute approximate surface area is 147 Å². The fraction of sp³-hybridized carbons (Fsp3) is 0.111. The molecule has 1 aliphatic rings. The summed E-state index contributed by atoms with van der Waals surface area (Å²) in [5.74, 6) is -0.239. The number of ketones is 1. The highest BCUT2D eigenvalue weighted by atomic mass is 32.2. The van der Waals surface area contributed by atoms with Gasteiger partial charge in [0.05, 0.1) is 33.8 Å². The number of fused-ring (bicyclic) bond motifs is 4. The number of nitrogens with zero attached hydrogens (tertiary/aromatic N) is 3. The molecule has 7 heteroatoms. The number of nitrogens with one attached hydrogen (secondary N) is 1. The Balaban J connectivity index is 1.97. The number of hydrogen-bond acceptors (Lipinski definition) is 6. The van der Waals surface area contributed by atoms with Gasteiger partial charge in [0, 0.05) is 6.54 Å². The normalized spacial score (nSPS) is 12.1. The van der Waals surface area contributed by atoms with Crippen molar-refractivity contribution in [2.45, 2.75) is 6.54 Å². The van der Waals surface area contributed by atoms with Gasteiger partial charge in [0.2, 0.25) is 5.78 Å². The van der Waals surface area contributed by atoms with Crippen molar-refractivity contribution in [2.24, 2.45) is 0 Å². The summed E-state index contributed by atoms with van der Waals surface area (Å²) in [6.07, 6.45) is 1.93. The van der Waals surface area contributed by atoms with Crippen LogP contribution in [-0.4, -0.2) is 21.6 Å². The third kappa shape index (κ3) is 2.35. The van der Waals surface area contributed by atoms with Gasteiger partial charge in [-0.25, -0.2) is 4.98 Å². The van der Waals surface area contributed by atoms with E-state index in [0.29, 0.717) is 34.3 Å². The first-order chi connectivity index (χ1) is 12.1. The van der Waals surface area contributed by atoms with E-state index in [1.807, 2.05) is 18.4 Å². The molecule has 4 rings (SSSR count). The van der Waals surface area contributed by atoms with Gasteiger partial charge < -0.3 is 0 Å². The molecular weight excluding hydrogens is 336 g/mol. The maximum absolute atomic E-state index is 13.0. The Bertz CT molecular complexity index is 1140. The molecule has 0 amide bonds. The first-order valence-corrected chi connectivity index (χ1v) is 8.77. The summed E-state index contributed by atoms with van der Waals surface area (Å²) in [5.41, 5.74) is 2.37. The second-order valence-corrected chi connectivity index (χ2v) is 6.32.